The van der Waals surface area contributed by atoms with Gasteiger partial charge in [-0.2, -0.15) is 0 Å². The van der Waals surface area contributed by atoms with Crippen LogP contribution in [0.3, 0.4) is 0 Å². The maximum Gasteiger partial charge on any atom is 0.336 e. The van der Waals surface area contributed by atoms with Crippen molar-refractivity contribution in [2.45, 2.75) is 20.0 Å². The molecule has 0 unspecified atom stereocenters. The predicted octanol–water partition coefficient (Wildman–Crippen LogP) is 3.19. The van der Waals surface area contributed by atoms with Crippen molar-refractivity contribution in [1.29, 1.82) is 0 Å². The molecular weight excluding hydrogens is 398 g/mol. The van der Waals surface area contributed by atoms with Gasteiger partial charge in [0.05, 0.1) is 0 Å². The Bertz CT molecular complexity index is 1120. The number of phenolic OH excluding ortho intramolecular Hbond substituents is 1. The summed E-state index contributed by atoms with van der Waals surface area (Å²) in [4.78, 5) is 35.8. The third-order valence-electron chi connectivity index (χ3n) is 4.30. The van der Waals surface area contributed by atoms with Crippen molar-refractivity contribution >= 4 is 34.4 Å². The Labute approximate surface area is 170 Å². The summed E-state index contributed by atoms with van der Waals surface area (Å²) in [6.07, 6.45) is 0.580. The molecule has 0 aliphatic heterocycles. The van der Waals surface area contributed by atoms with E-state index in [9.17, 15) is 19.5 Å². The van der Waals surface area contributed by atoms with Gasteiger partial charge in [-0.15, -0.1) is 0 Å². The fourth-order valence-electron chi connectivity index (χ4n) is 2.77. The fourth-order valence-corrected chi connectivity index (χ4v) is 2.90. The molecule has 0 radical (unpaired) electrons. The minimum absolute atomic E-state index is 0.0298. The SMILES string of the molecule is CCc1cc2c(COC(=O)CNC(=O)c3ccc(Cl)cc3)cc(=O)oc2cc1O. The number of benzene rings is 2. The van der Waals surface area contributed by atoms with Gasteiger partial charge < -0.3 is 19.6 Å². The average molecular weight is 416 g/mol. The number of esters is 1. The van der Waals surface area contributed by atoms with Crippen LogP contribution >= 0.6 is 11.6 Å². The van der Waals surface area contributed by atoms with Gasteiger partial charge in [-0.05, 0) is 42.3 Å². The highest BCUT2D eigenvalue weighted by Gasteiger charge is 2.13. The van der Waals surface area contributed by atoms with Crippen LogP contribution in [0.15, 0.2) is 51.7 Å². The molecule has 0 fully saturated rings. The van der Waals surface area contributed by atoms with E-state index in [1.807, 2.05) is 6.92 Å². The number of fused-ring (bicyclic) bond motifs is 1. The number of nitrogens with one attached hydrogen (secondary N) is 1. The highest BCUT2D eigenvalue weighted by Crippen LogP contribution is 2.27. The Morgan fingerprint density at radius 1 is 1.14 bits per heavy atom. The highest BCUT2D eigenvalue weighted by molar-refractivity contribution is 6.30. The van der Waals surface area contributed by atoms with Crippen LogP contribution in [0.5, 0.6) is 5.75 Å². The van der Waals surface area contributed by atoms with E-state index in [0.717, 1.165) is 0 Å². The van der Waals surface area contributed by atoms with E-state index in [0.29, 0.717) is 33.5 Å². The summed E-state index contributed by atoms with van der Waals surface area (Å²) in [5, 5.41) is 13.5. The summed E-state index contributed by atoms with van der Waals surface area (Å²) in [6, 6.07) is 10.5. The molecule has 0 aliphatic carbocycles. The van der Waals surface area contributed by atoms with Crippen LogP contribution in [-0.4, -0.2) is 23.5 Å². The molecule has 1 amide bonds. The zero-order valence-electron chi connectivity index (χ0n) is 15.5. The van der Waals surface area contributed by atoms with E-state index in [2.05, 4.69) is 5.32 Å². The molecule has 0 atom stereocenters. The number of hydrogen-bond acceptors (Lipinski definition) is 6. The number of aromatic hydroxyl groups is 1. The molecule has 1 aromatic heterocycles. The minimum Gasteiger partial charge on any atom is -0.508 e. The van der Waals surface area contributed by atoms with Crippen molar-refractivity contribution in [2.24, 2.45) is 0 Å². The summed E-state index contributed by atoms with van der Waals surface area (Å²) in [6.45, 7) is 1.37. The van der Waals surface area contributed by atoms with Crippen molar-refractivity contribution in [3.05, 3.63) is 74.6 Å². The van der Waals surface area contributed by atoms with Gasteiger partial charge >= 0.3 is 11.6 Å². The number of carbonyl (C=O) groups excluding carboxylic acids is 2. The zero-order chi connectivity index (χ0) is 21.0. The van der Waals surface area contributed by atoms with Crippen molar-refractivity contribution in [3.8, 4) is 5.75 Å². The summed E-state index contributed by atoms with van der Waals surface area (Å²) in [7, 11) is 0. The Morgan fingerprint density at radius 2 is 1.86 bits per heavy atom. The molecule has 150 valence electrons. The van der Waals surface area contributed by atoms with Gasteiger partial charge in [0.15, 0.2) is 0 Å². The van der Waals surface area contributed by atoms with Gasteiger partial charge in [-0.3, -0.25) is 9.59 Å². The van der Waals surface area contributed by atoms with Crippen molar-refractivity contribution in [1.82, 2.24) is 5.32 Å². The molecule has 0 aliphatic rings. The zero-order valence-corrected chi connectivity index (χ0v) is 16.3. The molecule has 29 heavy (non-hydrogen) atoms. The number of hydrogen-bond donors (Lipinski definition) is 2. The quantitative estimate of drug-likeness (QED) is 0.473. The molecule has 0 spiro atoms. The standard InChI is InChI=1S/C21H18ClNO6/c1-2-12-7-16-14(8-19(25)29-18(16)9-17(12)24)11-28-20(26)10-23-21(27)13-3-5-15(22)6-4-13/h3-9,24H,2,10-11H2,1H3,(H,23,27). The van der Waals surface area contributed by atoms with E-state index in [-0.39, 0.29) is 24.5 Å². The normalized spacial score (nSPS) is 10.7. The van der Waals surface area contributed by atoms with Crippen LogP contribution in [0, 0.1) is 0 Å². The lowest BCUT2D eigenvalue weighted by Gasteiger charge is -2.10. The third-order valence-corrected chi connectivity index (χ3v) is 4.55. The Morgan fingerprint density at radius 3 is 2.55 bits per heavy atom. The van der Waals surface area contributed by atoms with Gasteiger partial charge in [-0.25, -0.2) is 4.79 Å². The lowest BCUT2D eigenvalue weighted by molar-refractivity contribution is -0.143. The van der Waals surface area contributed by atoms with Gasteiger partial charge in [-0.1, -0.05) is 18.5 Å². The number of phenols is 1. The van der Waals surface area contributed by atoms with Crippen LogP contribution in [0.4, 0.5) is 0 Å². The molecule has 0 saturated carbocycles. The molecule has 2 aromatic carbocycles. The van der Waals surface area contributed by atoms with E-state index in [4.69, 9.17) is 20.8 Å². The van der Waals surface area contributed by atoms with Crippen molar-refractivity contribution in [2.75, 3.05) is 6.54 Å². The summed E-state index contributed by atoms with van der Waals surface area (Å²) in [5.74, 6) is -1.07. The van der Waals surface area contributed by atoms with Crippen LogP contribution in [-0.2, 0) is 22.6 Å². The summed E-state index contributed by atoms with van der Waals surface area (Å²) < 4.78 is 10.3. The van der Waals surface area contributed by atoms with Crippen LogP contribution in [0.25, 0.3) is 11.0 Å². The second kappa shape index (κ2) is 8.79. The Hall–Kier alpha value is -3.32. The number of rotatable bonds is 6. The first-order valence-corrected chi connectivity index (χ1v) is 9.23. The van der Waals surface area contributed by atoms with Crippen LogP contribution < -0.4 is 10.9 Å². The van der Waals surface area contributed by atoms with E-state index < -0.39 is 17.5 Å². The highest BCUT2D eigenvalue weighted by atomic mass is 35.5. The minimum atomic E-state index is -0.664. The summed E-state index contributed by atoms with van der Waals surface area (Å²) >= 11 is 5.77. The molecule has 3 aromatic rings. The van der Waals surface area contributed by atoms with Gasteiger partial charge in [0.1, 0.15) is 24.5 Å². The van der Waals surface area contributed by atoms with E-state index >= 15 is 0 Å². The molecule has 8 heteroatoms. The molecule has 0 saturated heterocycles. The largest absolute Gasteiger partial charge is 0.508 e. The molecule has 1 heterocycles. The number of ether oxygens (including phenoxy) is 1. The van der Waals surface area contributed by atoms with E-state index in [1.54, 1.807) is 30.3 Å². The fraction of sp³-hybridized carbons (Fsp3) is 0.190. The van der Waals surface area contributed by atoms with Crippen molar-refractivity contribution < 1.29 is 23.8 Å². The number of amides is 1. The first-order valence-electron chi connectivity index (χ1n) is 8.85. The van der Waals surface area contributed by atoms with E-state index in [1.165, 1.54) is 12.1 Å². The number of halogens is 1. The third kappa shape index (κ3) is 4.94. The number of carbonyl (C=O) groups is 2. The maximum atomic E-state index is 12.0. The first-order chi connectivity index (χ1) is 13.9. The second-order valence-electron chi connectivity index (χ2n) is 6.27. The molecular formula is C21H18ClNO6. The first kappa shape index (κ1) is 20.4. The smallest absolute Gasteiger partial charge is 0.336 e. The molecule has 7 nitrogen and oxygen atoms in total. The second-order valence-corrected chi connectivity index (χ2v) is 6.71. The van der Waals surface area contributed by atoms with Gasteiger partial charge in [0.25, 0.3) is 5.91 Å². The molecule has 3 rings (SSSR count). The lowest BCUT2D eigenvalue weighted by Crippen LogP contribution is -2.30. The Balaban J connectivity index is 1.66. The Kier molecular flexibility index (Phi) is 6.19. The van der Waals surface area contributed by atoms with Crippen molar-refractivity contribution in [3.63, 3.8) is 0 Å². The predicted molar refractivity (Wildman–Crippen MR) is 107 cm³/mol. The van der Waals surface area contributed by atoms with Gasteiger partial charge in [0.2, 0.25) is 0 Å². The molecule has 0 bridgehead atoms. The monoisotopic (exact) mass is 415 g/mol. The lowest BCUT2D eigenvalue weighted by atomic mass is 10.0. The van der Waals surface area contributed by atoms with Crippen LogP contribution in [0.1, 0.15) is 28.4 Å². The topological polar surface area (TPSA) is 106 Å². The van der Waals surface area contributed by atoms with Crippen LogP contribution in [0.2, 0.25) is 5.02 Å². The number of aryl methyl sites for hydroxylation is 1. The maximum absolute atomic E-state index is 12.0. The average Bonchev–Trinajstić information content (AvgIpc) is 2.70. The molecule has 2 N–H and O–H groups in total. The summed E-state index contributed by atoms with van der Waals surface area (Å²) in [5.41, 5.74) is 1.07. The van der Waals surface area contributed by atoms with Gasteiger partial charge in [0, 0.05) is 33.7 Å².